The van der Waals surface area contributed by atoms with Crippen LogP contribution in [-0.4, -0.2) is 68.4 Å². The minimum absolute atomic E-state index is 0.0907. The largest absolute Gasteiger partial charge is 0.399 e. The maximum Gasteiger partial charge on any atom is 0.245 e. The molecule has 0 saturated carbocycles. The van der Waals surface area contributed by atoms with E-state index < -0.39 is 28.0 Å². The molecule has 3 aromatic rings. The predicted octanol–water partition coefficient (Wildman–Crippen LogP) is 7.20. The highest BCUT2D eigenvalue weighted by Crippen LogP contribution is 2.27. The fourth-order valence-corrected chi connectivity index (χ4v) is 9.62. The van der Waals surface area contributed by atoms with Gasteiger partial charge in [0.05, 0.1) is 4.90 Å². The molecule has 2 atom stereocenters. The molecule has 0 aromatic heterocycles. The number of nitrogens with zero attached hydrogens (tertiary/aromatic N) is 1. The number of hydrogen-bond acceptors (Lipinski definition) is 8. The molecule has 57 heavy (non-hydrogen) atoms. The van der Waals surface area contributed by atoms with Gasteiger partial charge in [0.1, 0.15) is 12.1 Å². The number of thioether (sulfide) groups is 1. The van der Waals surface area contributed by atoms with E-state index in [2.05, 4.69) is 54.3 Å². The summed E-state index contributed by atoms with van der Waals surface area (Å²) in [5.74, 6) is 0.322. The third kappa shape index (κ3) is 13.0. The van der Waals surface area contributed by atoms with Crippen molar-refractivity contribution in [2.45, 2.75) is 90.6 Å². The van der Waals surface area contributed by atoms with E-state index >= 15 is 0 Å². The Morgan fingerprint density at radius 3 is 2.11 bits per heavy atom. The maximum atomic E-state index is 14.3. The molecular weight excluding hydrogens is 753 g/mol. The van der Waals surface area contributed by atoms with Gasteiger partial charge in [-0.2, -0.15) is 16.5 Å². The zero-order chi connectivity index (χ0) is 41.9. The Bertz CT molecular complexity index is 2020. The van der Waals surface area contributed by atoms with Crippen molar-refractivity contribution in [3.63, 3.8) is 0 Å². The summed E-state index contributed by atoms with van der Waals surface area (Å²) >= 11 is 1.37. The van der Waals surface area contributed by atoms with Gasteiger partial charge in [0.15, 0.2) is 0 Å². The number of aryl methyl sites for hydroxylation is 2. The molecular formula is C45H62N6O4S2. The van der Waals surface area contributed by atoms with Gasteiger partial charge in [-0.25, -0.2) is 8.42 Å². The minimum atomic E-state index is -4.16. The van der Waals surface area contributed by atoms with Crippen LogP contribution in [0.1, 0.15) is 78.5 Å². The number of benzene rings is 3. The number of piperidine rings is 1. The van der Waals surface area contributed by atoms with E-state index in [1.54, 1.807) is 18.7 Å². The van der Waals surface area contributed by atoms with Crippen LogP contribution in [0.4, 0.5) is 5.69 Å². The molecule has 3 aromatic carbocycles. The number of amides is 2. The lowest BCUT2D eigenvalue weighted by atomic mass is 10.0. The van der Waals surface area contributed by atoms with E-state index in [4.69, 9.17) is 5.73 Å². The minimum Gasteiger partial charge on any atom is -0.399 e. The first-order valence-corrected chi connectivity index (χ1v) is 22.4. The predicted molar refractivity (Wildman–Crippen MR) is 238 cm³/mol. The summed E-state index contributed by atoms with van der Waals surface area (Å²) in [6.45, 7) is 26.0. The number of carbonyl (C=O) groups excluding carboxylic acids is 2. The van der Waals surface area contributed by atoms with Gasteiger partial charge < -0.3 is 26.6 Å². The maximum absolute atomic E-state index is 14.3. The Hall–Kier alpha value is -4.52. The number of carbonyl (C=O) groups is 2. The van der Waals surface area contributed by atoms with E-state index in [9.17, 15) is 18.0 Å². The standard InChI is InChI=1S/C45H62N6O4S2/c1-29(2)21-22-47-36(9)39-17-19-40(20-18-39)48-32(5)27-56-28-42(50-57(54,55)43-31(4)25-30(3)33(6)34(43)7)44(52)49-41(45(53)51-23-11-10-12-24-51)26-37-13-15-38(16-14-37)35(8)46/h13-20,25,29,41-42,47-48,50H,5,8-12,21-24,26-28,46H2,1-4,6-7H3,(H,49,52). The lowest BCUT2D eigenvalue weighted by molar-refractivity contribution is -0.137. The number of sulfonamides is 1. The van der Waals surface area contributed by atoms with E-state index in [0.29, 0.717) is 47.3 Å². The third-order valence-corrected chi connectivity index (χ3v) is 13.3. The van der Waals surface area contributed by atoms with Crippen LogP contribution in [0, 0.1) is 33.6 Å². The van der Waals surface area contributed by atoms with Gasteiger partial charge in [0.25, 0.3) is 0 Å². The van der Waals surface area contributed by atoms with Crippen molar-refractivity contribution in [1.29, 1.82) is 0 Å². The van der Waals surface area contributed by atoms with Crippen LogP contribution in [0.2, 0.25) is 0 Å². The van der Waals surface area contributed by atoms with Crippen LogP contribution >= 0.6 is 11.8 Å². The van der Waals surface area contributed by atoms with Gasteiger partial charge in [0, 0.05) is 60.3 Å². The summed E-state index contributed by atoms with van der Waals surface area (Å²) in [7, 11) is -4.16. The van der Waals surface area contributed by atoms with Crippen molar-refractivity contribution in [2.75, 3.05) is 36.5 Å². The van der Waals surface area contributed by atoms with Crippen molar-refractivity contribution >= 4 is 50.7 Å². The lowest BCUT2D eigenvalue weighted by Crippen LogP contribution is -2.56. The summed E-state index contributed by atoms with van der Waals surface area (Å²) in [5.41, 5.74) is 14.4. The van der Waals surface area contributed by atoms with Crippen LogP contribution in [0.25, 0.3) is 11.4 Å². The van der Waals surface area contributed by atoms with Crippen LogP contribution in [0.3, 0.4) is 0 Å². The Morgan fingerprint density at radius 2 is 1.49 bits per heavy atom. The SMILES string of the molecule is C=C(CSCC(NS(=O)(=O)c1c(C)cc(C)c(C)c1C)C(=O)NC(Cc1ccc(C(=C)N)cc1)C(=O)N1CCCCC1)Nc1ccc(C(=C)NCCC(C)C)cc1. The second-order valence-electron chi connectivity index (χ2n) is 15.5. The molecule has 0 aliphatic carbocycles. The molecule has 0 bridgehead atoms. The normalized spacial score (nSPS) is 14.1. The topological polar surface area (TPSA) is 146 Å². The fraction of sp³-hybridized carbons (Fsp3) is 0.422. The molecule has 308 valence electrons. The number of likely N-dealkylation sites (tertiary alicyclic amines) is 1. The van der Waals surface area contributed by atoms with E-state index in [1.165, 1.54) is 11.8 Å². The van der Waals surface area contributed by atoms with E-state index in [1.807, 2.05) is 68.4 Å². The van der Waals surface area contributed by atoms with Crippen molar-refractivity contribution in [3.8, 4) is 0 Å². The molecule has 12 heteroatoms. The average Bonchev–Trinajstić information content (AvgIpc) is 3.16. The smallest absolute Gasteiger partial charge is 0.245 e. The number of anilines is 1. The number of hydrogen-bond donors (Lipinski definition) is 5. The molecule has 2 amide bonds. The summed E-state index contributed by atoms with van der Waals surface area (Å²) in [4.78, 5) is 30.3. The first-order chi connectivity index (χ1) is 27.0. The Morgan fingerprint density at radius 1 is 0.860 bits per heavy atom. The quantitative estimate of drug-likeness (QED) is 0.0806. The van der Waals surface area contributed by atoms with Gasteiger partial charge in [-0.15, -0.1) is 0 Å². The van der Waals surface area contributed by atoms with Gasteiger partial charge in [-0.05, 0) is 110 Å². The highest BCUT2D eigenvalue weighted by molar-refractivity contribution is 7.99. The average molecular weight is 815 g/mol. The highest BCUT2D eigenvalue weighted by Gasteiger charge is 2.33. The van der Waals surface area contributed by atoms with Crippen LogP contribution < -0.4 is 26.4 Å². The second kappa shape index (κ2) is 20.8. The van der Waals surface area contributed by atoms with Crippen molar-refractivity contribution in [2.24, 2.45) is 11.7 Å². The summed E-state index contributed by atoms with van der Waals surface area (Å²) in [6, 6.07) is 15.0. The molecule has 0 spiro atoms. The molecule has 2 unspecified atom stereocenters. The highest BCUT2D eigenvalue weighted by atomic mass is 32.2. The second-order valence-corrected chi connectivity index (χ2v) is 18.2. The Balaban J connectivity index is 1.53. The first kappa shape index (κ1) is 45.2. The molecule has 1 fully saturated rings. The molecule has 1 saturated heterocycles. The lowest BCUT2D eigenvalue weighted by Gasteiger charge is -2.31. The Kier molecular flexibility index (Phi) is 16.5. The van der Waals surface area contributed by atoms with Crippen LogP contribution in [-0.2, 0) is 26.0 Å². The summed E-state index contributed by atoms with van der Waals surface area (Å²) < 4.78 is 31.1. The van der Waals surface area contributed by atoms with Gasteiger partial charge in [-0.3, -0.25) is 9.59 Å². The zero-order valence-electron chi connectivity index (χ0n) is 34.6. The molecule has 0 radical (unpaired) electrons. The first-order valence-electron chi connectivity index (χ1n) is 19.7. The molecule has 10 nitrogen and oxygen atoms in total. The van der Waals surface area contributed by atoms with Crippen molar-refractivity contribution in [3.05, 3.63) is 119 Å². The monoisotopic (exact) mass is 814 g/mol. The van der Waals surface area contributed by atoms with E-state index in [0.717, 1.165) is 71.4 Å². The van der Waals surface area contributed by atoms with Gasteiger partial charge in [0.2, 0.25) is 21.8 Å². The summed E-state index contributed by atoms with van der Waals surface area (Å²) in [6.07, 6.45) is 4.10. The zero-order valence-corrected chi connectivity index (χ0v) is 36.2. The van der Waals surface area contributed by atoms with Crippen molar-refractivity contribution < 1.29 is 18.0 Å². The molecule has 1 aliphatic rings. The van der Waals surface area contributed by atoms with Crippen molar-refractivity contribution in [1.82, 2.24) is 20.3 Å². The number of nitrogens with one attached hydrogen (secondary N) is 4. The van der Waals surface area contributed by atoms with Gasteiger partial charge in [-0.1, -0.05) is 76.0 Å². The number of rotatable bonds is 20. The van der Waals surface area contributed by atoms with E-state index in [-0.39, 0.29) is 23.0 Å². The molecule has 1 aliphatic heterocycles. The third-order valence-electron chi connectivity index (χ3n) is 10.4. The van der Waals surface area contributed by atoms with Gasteiger partial charge >= 0.3 is 0 Å². The molecule has 6 N–H and O–H groups in total. The number of nitrogens with two attached hydrogens (primary N) is 1. The van der Waals surface area contributed by atoms with Crippen LogP contribution in [0.5, 0.6) is 0 Å². The summed E-state index contributed by atoms with van der Waals surface area (Å²) in [5, 5.41) is 9.68. The van der Waals surface area contributed by atoms with Crippen LogP contribution in [0.15, 0.2) is 84.9 Å². The molecule has 1 heterocycles. The Labute approximate surface area is 345 Å². The fourth-order valence-electron chi connectivity index (χ4n) is 6.89. The molecule has 4 rings (SSSR count).